The number of ketones is 1. The number of Topliss-reactive ketones (excluding diaryl/α,β-unsaturated/α-hetero) is 1. The van der Waals surface area contributed by atoms with Crippen molar-refractivity contribution in [1.82, 2.24) is 0 Å². The van der Waals surface area contributed by atoms with E-state index in [1.165, 1.54) is 0 Å². The molecule has 1 aromatic carbocycles. The van der Waals surface area contributed by atoms with Gasteiger partial charge in [-0.25, -0.2) is 0 Å². The Balaban J connectivity index is 2.52. The Kier molecular flexibility index (Phi) is 2.70. The summed E-state index contributed by atoms with van der Waals surface area (Å²) in [4.78, 5) is 11.7. The summed E-state index contributed by atoms with van der Waals surface area (Å²) in [6.07, 6.45) is 1.25. The number of ether oxygens (including phenoxy) is 1. The minimum atomic E-state index is -0.0316. The lowest BCUT2D eigenvalue weighted by Gasteiger charge is -2.23. The third-order valence-electron chi connectivity index (χ3n) is 2.63. The number of hydrogen-bond acceptors (Lipinski definition) is 2. The fourth-order valence-corrected chi connectivity index (χ4v) is 2.11. The van der Waals surface area contributed by atoms with Crippen molar-refractivity contribution in [3.63, 3.8) is 0 Å². The number of carbonyl (C=O) groups excluding carboxylic acids is 1. The number of aryl methyl sites for hydroxylation is 1. The molecule has 3 heteroatoms. The smallest absolute Gasteiger partial charge is 0.170 e. The van der Waals surface area contributed by atoms with E-state index in [2.05, 4.69) is 0 Å². The highest BCUT2D eigenvalue weighted by Gasteiger charge is 2.24. The molecule has 1 aromatic rings. The van der Waals surface area contributed by atoms with Crippen LogP contribution in [0.4, 0.5) is 0 Å². The number of hydrogen-bond donors (Lipinski definition) is 0. The van der Waals surface area contributed by atoms with Crippen molar-refractivity contribution in [3.8, 4) is 5.75 Å². The molecule has 0 spiro atoms. The Labute approximate surface area is 94.2 Å². The molecule has 0 saturated carbocycles. The first-order valence-electron chi connectivity index (χ1n) is 5.14. The third kappa shape index (κ3) is 1.86. The van der Waals surface area contributed by atoms with E-state index in [-0.39, 0.29) is 11.9 Å². The first kappa shape index (κ1) is 10.5. The second-order valence-corrected chi connectivity index (χ2v) is 4.26. The van der Waals surface area contributed by atoms with Crippen molar-refractivity contribution >= 4 is 17.4 Å². The van der Waals surface area contributed by atoms with Crippen LogP contribution >= 0.6 is 11.6 Å². The molecule has 0 aliphatic carbocycles. The fraction of sp³-hybridized carbons (Fsp3) is 0.417. The SMILES string of the molecule is CCc1cc2c(cc1Cl)C(=O)CC(C)O2. The van der Waals surface area contributed by atoms with Gasteiger partial charge in [0, 0.05) is 11.4 Å². The third-order valence-corrected chi connectivity index (χ3v) is 2.98. The number of fused-ring (bicyclic) bond motifs is 1. The average Bonchev–Trinajstić information content (AvgIpc) is 2.18. The molecule has 1 unspecified atom stereocenters. The largest absolute Gasteiger partial charge is 0.489 e. The minimum Gasteiger partial charge on any atom is -0.489 e. The van der Waals surface area contributed by atoms with Gasteiger partial charge in [-0.1, -0.05) is 18.5 Å². The van der Waals surface area contributed by atoms with Crippen LogP contribution in [0.3, 0.4) is 0 Å². The number of rotatable bonds is 1. The zero-order valence-corrected chi connectivity index (χ0v) is 9.60. The van der Waals surface area contributed by atoms with E-state index in [1.807, 2.05) is 19.9 Å². The normalized spacial score (nSPS) is 19.7. The molecule has 15 heavy (non-hydrogen) atoms. The molecule has 0 bridgehead atoms. The van der Waals surface area contributed by atoms with Crippen molar-refractivity contribution in [2.45, 2.75) is 32.8 Å². The molecule has 0 radical (unpaired) electrons. The van der Waals surface area contributed by atoms with E-state index in [1.54, 1.807) is 6.07 Å². The maximum absolute atomic E-state index is 11.7. The summed E-state index contributed by atoms with van der Waals surface area (Å²) in [5.41, 5.74) is 1.65. The minimum absolute atomic E-state index is 0.0316. The van der Waals surface area contributed by atoms with Gasteiger partial charge in [-0.2, -0.15) is 0 Å². The molecule has 0 amide bonds. The number of carbonyl (C=O) groups is 1. The first-order chi connectivity index (χ1) is 7.11. The highest BCUT2D eigenvalue weighted by molar-refractivity contribution is 6.32. The summed E-state index contributed by atoms with van der Waals surface area (Å²) >= 11 is 6.06. The van der Waals surface area contributed by atoms with Crippen LogP contribution in [-0.4, -0.2) is 11.9 Å². The molecule has 1 aliphatic heterocycles. The van der Waals surface area contributed by atoms with E-state index < -0.39 is 0 Å². The van der Waals surface area contributed by atoms with Gasteiger partial charge in [0.15, 0.2) is 5.78 Å². The van der Waals surface area contributed by atoms with Gasteiger partial charge in [-0.15, -0.1) is 0 Å². The van der Waals surface area contributed by atoms with Crippen molar-refractivity contribution < 1.29 is 9.53 Å². The van der Waals surface area contributed by atoms with Crippen LogP contribution in [0.15, 0.2) is 12.1 Å². The Morgan fingerprint density at radius 3 is 2.93 bits per heavy atom. The fourth-order valence-electron chi connectivity index (χ4n) is 1.81. The quantitative estimate of drug-likeness (QED) is 0.732. The molecule has 0 aromatic heterocycles. The summed E-state index contributed by atoms with van der Waals surface area (Å²) in [5, 5.41) is 0.655. The van der Waals surface area contributed by atoms with Crippen LogP contribution in [-0.2, 0) is 6.42 Å². The van der Waals surface area contributed by atoms with Gasteiger partial charge in [0.2, 0.25) is 0 Å². The van der Waals surface area contributed by atoms with Crippen LogP contribution in [0.1, 0.15) is 36.2 Å². The van der Waals surface area contributed by atoms with Gasteiger partial charge in [0.05, 0.1) is 5.56 Å². The van der Waals surface area contributed by atoms with E-state index in [9.17, 15) is 4.79 Å². The maximum Gasteiger partial charge on any atom is 0.170 e. The average molecular weight is 225 g/mol. The molecule has 0 fully saturated rings. The molecule has 0 N–H and O–H groups in total. The zero-order valence-electron chi connectivity index (χ0n) is 8.84. The second-order valence-electron chi connectivity index (χ2n) is 3.85. The van der Waals surface area contributed by atoms with Crippen molar-refractivity contribution in [2.75, 3.05) is 0 Å². The molecule has 2 nitrogen and oxygen atoms in total. The maximum atomic E-state index is 11.7. The van der Waals surface area contributed by atoms with Crippen LogP contribution in [0.5, 0.6) is 5.75 Å². The van der Waals surface area contributed by atoms with Gasteiger partial charge in [0.1, 0.15) is 11.9 Å². The first-order valence-corrected chi connectivity index (χ1v) is 5.52. The summed E-state index contributed by atoms with van der Waals surface area (Å²) in [6.45, 7) is 3.93. The van der Waals surface area contributed by atoms with E-state index in [0.717, 1.165) is 12.0 Å². The summed E-state index contributed by atoms with van der Waals surface area (Å²) in [5.74, 6) is 0.799. The number of halogens is 1. The van der Waals surface area contributed by atoms with E-state index in [4.69, 9.17) is 16.3 Å². The molecule has 80 valence electrons. The molecular formula is C12H13ClO2. The Morgan fingerprint density at radius 2 is 2.27 bits per heavy atom. The topological polar surface area (TPSA) is 26.3 Å². The standard InChI is InChI=1S/C12H13ClO2/c1-3-8-5-12-9(6-10(8)13)11(14)4-7(2)15-12/h5-7H,3-4H2,1-2H3. The molecule has 1 heterocycles. The lowest BCUT2D eigenvalue weighted by molar-refractivity contribution is 0.0871. The van der Waals surface area contributed by atoms with Crippen molar-refractivity contribution in [1.29, 1.82) is 0 Å². The van der Waals surface area contributed by atoms with Crippen molar-refractivity contribution in [2.24, 2.45) is 0 Å². The van der Waals surface area contributed by atoms with E-state index >= 15 is 0 Å². The molecular weight excluding hydrogens is 212 g/mol. The second kappa shape index (κ2) is 3.86. The van der Waals surface area contributed by atoms with Gasteiger partial charge < -0.3 is 4.74 Å². The Bertz CT molecular complexity index is 412. The lowest BCUT2D eigenvalue weighted by Crippen LogP contribution is -2.24. The van der Waals surface area contributed by atoms with Crippen LogP contribution in [0, 0.1) is 0 Å². The highest BCUT2D eigenvalue weighted by atomic mass is 35.5. The zero-order chi connectivity index (χ0) is 11.0. The lowest BCUT2D eigenvalue weighted by atomic mass is 9.99. The van der Waals surface area contributed by atoms with Gasteiger partial charge in [-0.05, 0) is 31.0 Å². The predicted octanol–water partition coefficient (Wildman–Crippen LogP) is 3.26. The molecule has 1 aliphatic rings. The summed E-state index contributed by atoms with van der Waals surface area (Å²) < 4.78 is 5.62. The highest BCUT2D eigenvalue weighted by Crippen LogP contribution is 2.32. The van der Waals surface area contributed by atoms with E-state index in [0.29, 0.717) is 22.8 Å². The molecule has 1 atom stereocenters. The summed E-state index contributed by atoms with van der Waals surface area (Å²) in [7, 11) is 0. The monoisotopic (exact) mass is 224 g/mol. The number of benzene rings is 1. The predicted molar refractivity (Wildman–Crippen MR) is 59.9 cm³/mol. The van der Waals surface area contributed by atoms with Crippen molar-refractivity contribution in [3.05, 3.63) is 28.3 Å². The van der Waals surface area contributed by atoms with Gasteiger partial charge >= 0.3 is 0 Å². The Morgan fingerprint density at radius 1 is 1.53 bits per heavy atom. The van der Waals surface area contributed by atoms with Crippen LogP contribution < -0.4 is 4.74 Å². The van der Waals surface area contributed by atoms with Crippen LogP contribution in [0.2, 0.25) is 5.02 Å². The summed E-state index contributed by atoms with van der Waals surface area (Å²) in [6, 6.07) is 3.61. The van der Waals surface area contributed by atoms with Gasteiger partial charge in [0.25, 0.3) is 0 Å². The molecule has 2 rings (SSSR count). The molecule has 0 saturated heterocycles. The Hall–Kier alpha value is -1.02. The van der Waals surface area contributed by atoms with Gasteiger partial charge in [-0.3, -0.25) is 4.79 Å². The van der Waals surface area contributed by atoms with Crippen LogP contribution in [0.25, 0.3) is 0 Å².